The first-order valence-electron chi connectivity index (χ1n) is 6.61. The molecule has 0 fully saturated rings. The van der Waals surface area contributed by atoms with E-state index in [-0.39, 0.29) is 5.91 Å². The van der Waals surface area contributed by atoms with Gasteiger partial charge in [-0.2, -0.15) is 0 Å². The second-order valence-electron chi connectivity index (χ2n) is 4.89. The van der Waals surface area contributed by atoms with Crippen LogP contribution in [0.3, 0.4) is 0 Å². The monoisotopic (exact) mass is 299 g/mol. The number of halogens is 1. The molecule has 5 heteroatoms. The number of fused-ring (bicyclic) bond motifs is 1. The Hall–Kier alpha value is -2.33. The maximum atomic E-state index is 12.0. The quantitative estimate of drug-likeness (QED) is 0.778. The van der Waals surface area contributed by atoms with Gasteiger partial charge in [0, 0.05) is 10.6 Å². The summed E-state index contributed by atoms with van der Waals surface area (Å²) >= 11 is 5.80. The summed E-state index contributed by atoms with van der Waals surface area (Å²) in [5.41, 5.74) is 3.62. The van der Waals surface area contributed by atoms with Gasteiger partial charge in [-0.15, -0.1) is 0 Å². The molecule has 1 aromatic heterocycles. The SMILES string of the molecule is Cc1ccc2nc(CNC(=O)c3ccc(Cl)cc3)[nH]c2c1. The van der Waals surface area contributed by atoms with Gasteiger partial charge in [0.25, 0.3) is 5.91 Å². The molecule has 0 unspecified atom stereocenters. The lowest BCUT2D eigenvalue weighted by Gasteiger charge is -2.03. The number of hydrogen-bond donors (Lipinski definition) is 2. The standard InChI is InChI=1S/C16H14ClN3O/c1-10-2-7-13-14(8-10)20-15(19-13)9-18-16(21)11-3-5-12(17)6-4-11/h2-8H,9H2,1H3,(H,18,21)(H,19,20). The van der Waals surface area contributed by atoms with Gasteiger partial charge in [-0.3, -0.25) is 4.79 Å². The number of nitrogens with one attached hydrogen (secondary N) is 2. The fraction of sp³-hybridized carbons (Fsp3) is 0.125. The van der Waals surface area contributed by atoms with E-state index in [1.807, 2.05) is 25.1 Å². The number of aromatic nitrogens is 2. The van der Waals surface area contributed by atoms with Crippen molar-refractivity contribution in [3.05, 3.63) is 64.4 Å². The van der Waals surface area contributed by atoms with Crippen molar-refractivity contribution in [2.24, 2.45) is 0 Å². The third-order valence-electron chi connectivity index (χ3n) is 3.21. The largest absolute Gasteiger partial charge is 0.345 e. The van der Waals surface area contributed by atoms with E-state index in [2.05, 4.69) is 15.3 Å². The summed E-state index contributed by atoms with van der Waals surface area (Å²) < 4.78 is 0. The Bertz CT molecular complexity index is 793. The Morgan fingerprint density at radius 2 is 2.00 bits per heavy atom. The number of carbonyl (C=O) groups excluding carboxylic acids is 1. The van der Waals surface area contributed by atoms with Crippen LogP contribution >= 0.6 is 11.6 Å². The lowest BCUT2D eigenvalue weighted by Crippen LogP contribution is -2.23. The van der Waals surface area contributed by atoms with E-state index >= 15 is 0 Å². The maximum Gasteiger partial charge on any atom is 0.251 e. The van der Waals surface area contributed by atoms with Gasteiger partial charge in [0.15, 0.2) is 0 Å². The highest BCUT2D eigenvalue weighted by Crippen LogP contribution is 2.13. The molecule has 0 saturated carbocycles. The zero-order valence-corrected chi connectivity index (χ0v) is 12.2. The molecule has 1 amide bonds. The maximum absolute atomic E-state index is 12.0. The van der Waals surface area contributed by atoms with Crippen molar-refractivity contribution in [3.8, 4) is 0 Å². The molecule has 1 heterocycles. The first-order valence-corrected chi connectivity index (χ1v) is 6.98. The summed E-state index contributed by atoms with van der Waals surface area (Å²) in [4.78, 5) is 19.7. The number of H-pyrrole nitrogens is 1. The summed E-state index contributed by atoms with van der Waals surface area (Å²) in [5, 5.41) is 3.44. The number of carbonyl (C=O) groups is 1. The van der Waals surface area contributed by atoms with Crippen LogP contribution in [0.15, 0.2) is 42.5 Å². The molecule has 0 aliphatic carbocycles. The molecule has 0 bridgehead atoms. The second-order valence-corrected chi connectivity index (χ2v) is 5.33. The minimum atomic E-state index is -0.150. The molecular weight excluding hydrogens is 286 g/mol. The Kier molecular flexibility index (Phi) is 3.62. The molecule has 2 aromatic carbocycles. The van der Waals surface area contributed by atoms with Crippen LogP contribution in [0.5, 0.6) is 0 Å². The highest BCUT2D eigenvalue weighted by atomic mass is 35.5. The average molecular weight is 300 g/mol. The number of hydrogen-bond acceptors (Lipinski definition) is 2. The number of benzene rings is 2. The molecule has 106 valence electrons. The first-order chi connectivity index (χ1) is 10.1. The van der Waals surface area contributed by atoms with Crippen molar-refractivity contribution < 1.29 is 4.79 Å². The zero-order valence-electron chi connectivity index (χ0n) is 11.5. The van der Waals surface area contributed by atoms with Crippen LogP contribution in [0.4, 0.5) is 0 Å². The van der Waals surface area contributed by atoms with Crippen molar-refractivity contribution in [2.45, 2.75) is 13.5 Å². The van der Waals surface area contributed by atoms with E-state index in [1.165, 1.54) is 5.56 Å². The fourth-order valence-corrected chi connectivity index (χ4v) is 2.25. The Balaban J connectivity index is 1.71. The van der Waals surface area contributed by atoms with Crippen molar-refractivity contribution >= 4 is 28.5 Å². The van der Waals surface area contributed by atoms with E-state index in [4.69, 9.17) is 11.6 Å². The summed E-state index contributed by atoms with van der Waals surface area (Å²) in [5.74, 6) is 0.584. The van der Waals surface area contributed by atoms with E-state index in [1.54, 1.807) is 24.3 Å². The second kappa shape index (κ2) is 5.58. The topological polar surface area (TPSA) is 57.8 Å². The molecule has 0 atom stereocenters. The first kappa shape index (κ1) is 13.6. The van der Waals surface area contributed by atoms with Crippen LogP contribution < -0.4 is 5.32 Å². The highest BCUT2D eigenvalue weighted by Gasteiger charge is 2.07. The van der Waals surface area contributed by atoms with Gasteiger partial charge in [0.05, 0.1) is 17.6 Å². The molecule has 4 nitrogen and oxygen atoms in total. The Morgan fingerprint density at radius 1 is 1.24 bits per heavy atom. The van der Waals surface area contributed by atoms with Gasteiger partial charge < -0.3 is 10.3 Å². The van der Waals surface area contributed by atoms with Crippen molar-refractivity contribution in [3.63, 3.8) is 0 Å². The van der Waals surface area contributed by atoms with Gasteiger partial charge in [0.2, 0.25) is 0 Å². The van der Waals surface area contributed by atoms with Crippen LogP contribution in [-0.4, -0.2) is 15.9 Å². The molecule has 3 aromatic rings. The van der Waals surface area contributed by atoms with Gasteiger partial charge in [-0.25, -0.2) is 4.98 Å². The van der Waals surface area contributed by atoms with Crippen LogP contribution in [-0.2, 0) is 6.54 Å². The van der Waals surface area contributed by atoms with Gasteiger partial charge in [-0.05, 0) is 48.9 Å². The smallest absolute Gasteiger partial charge is 0.251 e. The number of imidazole rings is 1. The lowest BCUT2D eigenvalue weighted by atomic mass is 10.2. The predicted molar refractivity (Wildman–Crippen MR) is 83.5 cm³/mol. The number of nitrogens with zero attached hydrogens (tertiary/aromatic N) is 1. The van der Waals surface area contributed by atoms with E-state index < -0.39 is 0 Å². The van der Waals surface area contributed by atoms with Crippen molar-refractivity contribution in [1.82, 2.24) is 15.3 Å². The minimum Gasteiger partial charge on any atom is -0.345 e. The van der Waals surface area contributed by atoms with Crippen LogP contribution in [0.1, 0.15) is 21.7 Å². The Morgan fingerprint density at radius 3 is 2.76 bits per heavy atom. The van der Waals surface area contributed by atoms with Crippen molar-refractivity contribution in [1.29, 1.82) is 0 Å². The van der Waals surface area contributed by atoms with E-state index in [0.717, 1.165) is 16.9 Å². The summed E-state index contributed by atoms with van der Waals surface area (Å²) in [6.45, 7) is 2.39. The number of aromatic amines is 1. The Labute approximate surface area is 127 Å². The molecule has 0 aliphatic rings. The summed E-state index contributed by atoms with van der Waals surface area (Å²) in [6, 6.07) is 12.8. The van der Waals surface area contributed by atoms with Crippen LogP contribution in [0, 0.1) is 6.92 Å². The third kappa shape index (κ3) is 3.06. The minimum absolute atomic E-state index is 0.150. The fourth-order valence-electron chi connectivity index (χ4n) is 2.13. The van der Waals surface area contributed by atoms with Crippen LogP contribution in [0.25, 0.3) is 11.0 Å². The summed E-state index contributed by atoms with van der Waals surface area (Å²) in [6.07, 6.45) is 0. The normalized spacial score (nSPS) is 10.8. The zero-order chi connectivity index (χ0) is 14.8. The highest BCUT2D eigenvalue weighted by molar-refractivity contribution is 6.30. The molecule has 0 saturated heterocycles. The van der Waals surface area contributed by atoms with Gasteiger partial charge >= 0.3 is 0 Å². The molecule has 3 rings (SSSR count). The molecule has 2 N–H and O–H groups in total. The molecular formula is C16H14ClN3O. The van der Waals surface area contributed by atoms with Crippen molar-refractivity contribution in [2.75, 3.05) is 0 Å². The lowest BCUT2D eigenvalue weighted by molar-refractivity contribution is 0.0950. The van der Waals surface area contributed by atoms with Gasteiger partial charge in [0.1, 0.15) is 5.82 Å². The molecule has 0 radical (unpaired) electrons. The van der Waals surface area contributed by atoms with Crippen LogP contribution in [0.2, 0.25) is 5.02 Å². The number of rotatable bonds is 3. The van der Waals surface area contributed by atoms with Gasteiger partial charge in [-0.1, -0.05) is 17.7 Å². The van der Waals surface area contributed by atoms with E-state index in [0.29, 0.717) is 17.1 Å². The van der Waals surface area contributed by atoms with E-state index in [9.17, 15) is 4.79 Å². The molecule has 21 heavy (non-hydrogen) atoms. The molecule has 0 aliphatic heterocycles. The predicted octanol–water partition coefficient (Wildman–Crippen LogP) is 3.45. The summed E-state index contributed by atoms with van der Waals surface area (Å²) in [7, 11) is 0. The average Bonchev–Trinajstić information content (AvgIpc) is 2.87. The number of amides is 1. The third-order valence-corrected chi connectivity index (χ3v) is 3.46. The molecule has 0 spiro atoms. The number of aryl methyl sites for hydroxylation is 1.